The molecule has 1 aliphatic rings. The van der Waals surface area contributed by atoms with Gasteiger partial charge in [0.05, 0.1) is 17.3 Å². The summed E-state index contributed by atoms with van der Waals surface area (Å²) in [6, 6.07) is 18.0. The molecule has 29 heavy (non-hydrogen) atoms. The molecule has 4 heterocycles. The molecule has 0 radical (unpaired) electrons. The molecule has 0 saturated carbocycles. The highest BCUT2D eigenvalue weighted by atomic mass is 32.1. The van der Waals surface area contributed by atoms with Gasteiger partial charge in [-0.3, -0.25) is 9.78 Å². The molecule has 5 rings (SSSR count). The summed E-state index contributed by atoms with van der Waals surface area (Å²) in [5.74, 6) is 0.0296. The average Bonchev–Trinajstić information content (AvgIpc) is 3.54. The number of hydrogen-bond acceptors (Lipinski definition) is 4. The Bertz CT molecular complexity index is 1110. The number of nitrogens with zero attached hydrogens (tertiary/aromatic N) is 4. The van der Waals surface area contributed by atoms with Crippen molar-refractivity contribution in [1.29, 1.82) is 0 Å². The second-order valence-corrected chi connectivity index (χ2v) is 8.06. The SMILES string of the molecule is O=C(c1cn(-c2ccccc2)nc1-c1cccnc1)N1CCC[C@@H]1c1cccs1. The van der Waals surface area contributed by atoms with Gasteiger partial charge in [-0.05, 0) is 48.6 Å². The summed E-state index contributed by atoms with van der Waals surface area (Å²) in [5, 5.41) is 6.84. The summed E-state index contributed by atoms with van der Waals surface area (Å²) >= 11 is 1.71. The van der Waals surface area contributed by atoms with Crippen LogP contribution in [0.3, 0.4) is 0 Å². The van der Waals surface area contributed by atoms with Crippen molar-refractivity contribution in [1.82, 2.24) is 19.7 Å². The van der Waals surface area contributed by atoms with Gasteiger partial charge in [0.2, 0.25) is 0 Å². The number of para-hydroxylation sites is 1. The number of rotatable bonds is 4. The summed E-state index contributed by atoms with van der Waals surface area (Å²) in [4.78, 5) is 21.1. The van der Waals surface area contributed by atoms with Crippen LogP contribution in [-0.2, 0) is 0 Å². The van der Waals surface area contributed by atoms with E-state index in [2.05, 4.69) is 22.5 Å². The van der Waals surface area contributed by atoms with E-state index in [9.17, 15) is 4.79 Å². The third-order valence-corrected chi connectivity index (χ3v) is 6.26. The standard InChI is InChI=1S/C23H20N4OS/c28-23(26-13-5-10-20(26)21-11-6-14-29-21)19-16-27(18-8-2-1-3-9-18)25-22(19)17-7-4-12-24-15-17/h1-4,6-9,11-12,14-16,20H,5,10,13H2/t20-/m1/s1. The van der Waals surface area contributed by atoms with E-state index in [1.807, 2.05) is 53.6 Å². The summed E-state index contributed by atoms with van der Waals surface area (Å²) < 4.78 is 1.78. The van der Waals surface area contributed by atoms with Crippen LogP contribution >= 0.6 is 11.3 Å². The van der Waals surface area contributed by atoms with Crippen molar-refractivity contribution in [3.8, 4) is 16.9 Å². The van der Waals surface area contributed by atoms with Crippen LogP contribution < -0.4 is 0 Å². The van der Waals surface area contributed by atoms with E-state index in [0.717, 1.165) is 30.6 Å². The van der Waals surface area contributed by atoms with Crippen molar-refractivity contribution in [2.45, 2.75) is 18.9 Å². The zero-order valence-electron chi connectivity index (χ0n) is 15.8. The van der Waals surface area contributed by atoms with Gasteiger partial charge in [-0.25, -0.2) is 4.68 Å². The first-order chi connectivity index (χ1) is 14.3. The largest absolute Gasteiger partial charge is 0.331 e. The quantitative estimate of drug-likeness (QED) is 0.486. The number of carbonyl (C=O) groups is 1. The van der Waals surface area contributed by atoms with Crippen LogP contribution in [-0.4, -0.2) is 32.1 Å². The van der Waals surface area contributed by atoms with E-state index in [4.69, 9.17) is 5.10 Å². The number of aromatic nitrogens is 3. The van der Waals surface area contributed by atoms with Crippen molar-refractivity contribution in [2.24, 2.45) is 0 Å². The maximum Gasteiger partial charge on any atom is 0.258 e. The van der Waals surface area contributed by atoms with Gasteiger partial charge in [-0.2, -0.15) is 5.10 Å². The molecule has 0 bridgehead atoms. The number of thiophene rings is 1. The first-order valence-electron chi connectivity index (χ1n) is 9.71. The van der Waals surface area contributed by atoms with Gasteiger partial charge in [0.1, 0.15) is 5.69 Å². The Labute approximate surface area is 173 Å². The smallest absolute Gasteiger partial charge is 0.258 e. The van der Waals surface area contributed by atoms with Gasteiger partial charge in [-0.1, -0.05) is 24.3 Å². The number of pyridine rings is 1. The molecule has 0 unspecified atom stereocenters. The number of amides is 1. The van der Waals surface area contributed by atoms with Crippen LogP contribution in [0.5, 0.6) is 0 Å². The monoisotopic (exact) mass is 400 g/mol. The molecule has 6 heteroatoms. The summed E-state index contributed by atoms with van der Waals surface area (Å²) in [7, 11) is 0. The second kappa shape index (κ2) is 7.64. The Morgan fingerprint density at radius 3 is 2.72 bits per heavy atom. The number of benzene rings is 1. The maximum absolute atomic E-state index is 13.6. The van der Waals surface area contributed by atoms with E-state index >= 15 is 0 Å². The minimum Gasteiger partial charge on any atom is -0.331 e. The molecule has 1 fully saturated rings. The summed E-state index contributed by atoms with van der Waals surface area (Å²) in [5.41, 5.74) is 3.06. The lowest BCUT2D eigenvalue weighted by Crippen LogP contribution is -2.30. The molecular formula is C23H20N4OS. The van der Waals surface area contributed by atoms with Crippen LogP contribution in [0.2, 0.25) is 0 Å². The lowest BCUT2D eigenvalue weighted by Gasteiger charge is -2.23. The predicted molar refractivity (Wildman–Crippen MR) is 114 cm³/mol. The van der Waals surface area contributed by atoms with E-state index in [1.165, 1.54) is 4.88 Å². The fourth-order valence-electron chi connectivity index (χ4n) is 3.90. The topological polar surface area (TPSA) is 51.0 Å². The van der Waals surface area contributed by atoms with Gasteiger partial charge in [0.25, 0.3) is 5.91 Å². The second-order valence-electron chi connectivity index (χ2n) is 7.09. The minimum atomic E-state index is 0.0296. The number of hydrogen-bond donors (Lipinski definition) is 0. The molecule has 1 atom stereocenters. The molecule has 144 valence electrons. The summed E-state index contributed by atoms with van der Waals surface area (Å²) in [6.45, 7) is 0.768. The van der Waals surface area contributed by atoms with Gasteiger partial charge in [0.15, 0.2) is 0 Å². The maximum atomic E-state index is 13.6. The van der Waals surface area contributed by atoms with Crippen molar-refractivity contribution >= 4 is 17.2 Å². The molecule has 0 spiro atoms. The van der Waals surface area contributed by atoms with E-state index in [-0.39, 0.29) is 11.9 Å². The molecule has 4 aromatic rings. The third kappa shape index (κ3) is 3.36. The van der Waals surface area contributed by atoms with Gasteiger partial charge < -0.3 is 4.90 Å². The van der Waals surface area contributed by atoms with Crippen LogP contribution in [0.25, 0.3) is 16.9 Å². The number of likely N-dealkylation sites (tertiary alicyclic amines) is 1. The van der Waals surface area contributed by atoms with E-state index in [1.54, 1.807) is 28.4 Å². The minimum absolute atomic E-state index is 0.0296. The van der Waals surface area contributed by atoms with Crippen molar-refractivity contribution in [3.63, 3.8) is 0 Å². The normalized spacial score (nSPS) is 16.3. The Kier molecular flexibility index (Phi) is 4.69. The average molecular weight is 401 g/mol. The molecule has 1 saturated heterocycles. The van der Waals surface area contributed by atoms with Gasteiger partial charge in [-0.15, -0.1) is 11.3 Å². The highest BCUT2D eigenvalue weighted by Crippen LogP contribution is 2.36. The van der Waals surface area contributed by atoms with Gasteiger partial charge in [0, 0.05) is 35.6 Å². The summed E-state index contributed by atoms with van der Waals surface area (Å²) in [6.07, 6.45) is 7.36. The Morgan fingerprint density at radius 2 is 1.97 bits per heavy atom. The zero-order valence-corrected chi connectivity index (χ0v) is 16.6. The van der Waals surface area contributed by atoms with Crippen molar-refractivity contribution in [3.05, 3.63) is 89.0 Å². The van der Waals surface area contributed by atoms with Crippen LogP contribution in [0.1, 0.15) is 34.1 Å². The highest BCUT2D eigenvalue weighted by Gasteiger charge is 2.33. The van der Waals surface area contributed by atoms with E-state index in [0.29, 0.717) is 11.3 Å². The van der Waals surface area contributed by atoms with Crippen LogP contribution in [0.15, 0.2) is 78.6 Å². The Hall–Kier alpha value is -3.25. The number of carbonyl (C=O) groups excluding carboxylic acids is 1. The fraction of sp³-hybridized carbons (Fsp3) is 0.174. The molecule has 0 aliphatic carbocycles. The third-order valence-electron chi connectivity index (χ3n) is 5.29. The predicted octanol–water partition coefficient (Wildman–Crippen LogP) is 4.97. The molecule has 1 amide bonds. The molecule has 0 N–H and O–H groups in total. The molecule has 1 aromatic carbocycles. The highest BCUT2D eigenvalue weighted by molar-refractivity contribution is 7.10. The van der Waals surface area contributed by atoms with E-state index < -0.39 is 0 Å². The zero-order chi connectivity index (χ0) is 19.6. The van der Waals surface area contributed by atoms with Gasteiger partial charge >= 0.3 is 0 Å². The van der Waals surface area contributed by atoms with Crippen molar-refractivity contribution in [2.75, 3.05) is 6.54 Å². The van der Waals surface area contributed by atoms with Crippen LogP contribution in [0, 0.1) is 0 Å². The van der Waals surface area contributed by atoms with Crippen molar-refractivity contribution < 1.29 is 4.79 Å². The Balaban J connectivity index is 1.58. The fourth-order valence-corrected chi connectivity index (χ4v) is 4.77. The molecule has 1 aliphatic heterocycles. The molecule has 5 nitrogen and oxygen atoms in total. The molecule has 3 aromatic heterocycles. The lowest BCUT2D eigenvalue weighted by atomic mass is 10.1. The van der Waals surface area contributed by atoms with Crippen LogP contribution in [0.4, 0.5) is 0 Å². The Morgan fingerprint density at radius 1 is 1.07 bits per heavy atom. The lowest BCUT2D eigenvalue weighted by molar-refractivity contribution is 0.0738. The first-order valence-corrected chi connectivity index (χ1v) is 10.6. The molecular weight excluding hydrogens is 380 g/mol. The first kappa shape index (κ1) is 17.8.